The van der Waals surface area contributed by atoms with Gasteiger partial charge >= 0.3 is 0 Å². The van der Waals surface area contributed by atoms with E-state index in [2.05, 4.69) is 57.2 Å². The van der Waals surface area contributed by atoms with Gasteiger partial charge in [0, 0.05) is 32.6 Å². The lowest BCUT2D eigenvalue weighted by molar-refractivity contribution is 0.164. The molecule has 7 heteroatoms. The third-order valence-electron chi connectivity index (χ3n) is 5.46. The topological polar surface area (TPSA) is 58.3 Å². The molecule has 29 heavy (non-hydrogen) atoms. The molecule has 2 aromatic heterocycles. The van der Waals surface area contributed by atoms with Gasteiger partial charge in [0.25, 0.3) is 0 Å². The van der Waals surface area contributed by atoms with E-state index >= 15 is 0 Å². The average molecular weight is 406 g/mol. The van der Waals surface area contributed by atoms with Gasteiger partial charge in [0.1, 0.15) is 0 Å². The van der Waals surface area contributed by atoms with Crippen LogP contribution < -0.4 is 4.90 Å². The molecule has 4 aromatic rings. The summed E-state index contributed by atoms with van der Waals surface area (Å²) in [6.45, 7) is 5.96. The zero-order valence-electron chi connectivity index (χ0n) is 16.4. The van der Waals surface area contributed by atoms with Crippen molar-refractivity contribution in [2.45, 2.75) is 19.4 Å². The summed E-state index contributed by atoms with van der Waals surface area (Å²) in [5, 5.41) is 5.30. The van der Waals surface area contributed by atoms with E-state index in [1.54, 1.807) is 11.3 Å². The number of piperazine rings is 1. The molecule has 1 aliphatic heterocycles. The number of hydrogen-bond donors (Lipinski definition) is 0. The zero-order valence-corrected chi connectivity index (χ0v) is 17.2. The second-order valence-electron chi connectivity index (χ2n) is 7.37. The number of nitrogens with zero attached hydrogens (tertiary/aromatic N) is 5. The summed E-state index contributed by atoms with van der Waals surface area (Å²) in [5.74, 6) is 1.44. The highest BCUT2D eigenvalue weighted by atomic mass is 32.1. The van der Waals surface area contributed by atoms with Crippen molar-refractivity contribution < 1.29 is 4.52 Å². The number of benzene rings is 2. The van der Waals surface area contributed by atoms with Crippen LogP contribution in [0.15, 0.2) is 59.1 Å². The van der Waals surface area contributed by atoms with Crippen molar-refractivity contribution in [2.24, 2.45) is 0 Å². The molecule has 1 saturated heterocycles. The molecule has 2 aromatic carbocycles. The van der Waals surface area contributed by atoms with Crippen molar-refractivity contribution in [3.63, 3.8) is 0 Å². The van der Waals surface area contributed by atoms with E-state index in [9.17, 15) is 0 Å². The molecule has 3 heterocycles. The van der Waals surface area contributed by atoms with E-state index in [4.69, 9.17) is 9.51 Å². The van der Waals surface area contributed by atoms with Crippen LogP contribution in [0.2, 0.25) is 0 Å². The molecule has 1 aliphatic rings. The lowest BCUT2D eigenvalue weighted by atomic mass is 10.1. The lowest BCUT2D eigenvalue weighted by Crippen LogP contribution is -2.47. The van der Waals surface area contributed by atoms with Crippen molar-refractivity contribution in [1.29, 1.82) is 0 Å². The third kappa shape index (κ3) is 3.88. The van der Waals surface area contributed by atoms with Crippen molar-refractivity contribution in [2.75, 3.05) is 31.1 Å². The third-order valence-corrected chi connectivity index (χ3v) is 6.56. The first kappa shape index (κ1) is 18.3. The summed E-state index contributed by atoms with van der Waals surface area (Å²) in [6.07, 6.45) is 0.697. The first-order chi connectivity index (χ1) is 14.3. The number of fused-ring (bicyclic) bond motifs is 1. The summed E-state index contributed by atoms with van der Waals surface area (Å²) in [7, 11) is 0. The van der Waals surface area contributed by atoms with Crippen LogP contribution in [-0.2, 0) is 6.42 Å². The maximum absolute atomic E-state index is 5.58. The van der Waals surface area contributed by atoms with Gasteiger partial charge in [-0.3, -0.25) is 4.90 Å². The van der Waals surface area contributed by atoms with Crippen LogP contribution >= 0.6 is 11.3 Å². The van der Waals surface area contributed by atoms with Crippen LogP contribution in [0, 0.1) is 0 Å². The molecular weight excluding hydrogens is 382 g/mol. The van der Waals surface area contributed by atoms with Gasteiger partial charge in [0.15, 0.2) is 11.0 Å². The number of aromatic nitrogens is 3. The Balaban J connectivity index is 1.21. The molecule has 148 valence electrons. The van der Waals surface area contributed by atoms with Crippen LogP contribution in [-0.4, -0.2) is 46.2 Å². The van der Waals surface area contributed by atoms with Crippen LogP contribution in [0.4, 0.5) is 5.13 Å². The predicted octanol–water partition coefficient (Wildman–Crippen LogP) is 4.15. The van der Waals surface area contributed by atoms with E-state index < -0.39 is 0 Å². The number of thiazole rings is 1. The Kier molecular flexibility index (Phi) is 4.99. The normalized spacial score (nSPS) is 16.4. The molecule has 5 rings (SSSR count). The summed E-state index contributed by atoms with van der Waals surface area (Å²) < 4.78 is 6.82. The summed E-state index contributed by atoms with van der Waals surface area (Å²) in [6, 6.07) is 18.7. The van der Waals surface area contributed by atoms with Crippen LogP contribution in [0.1, 0.15) is 30.2 Å². The highest BCUT2D eigenvalue weighted by Gasteiger charge is 2.27. The minimum atomic E-state index is 0.115. The van der Waals surface area contributed by atoms with Gasteiger partial charge in [-0.1, -0.05) is 59.0 Å². The molecule has 0 amide bonds. The monoisotopic (exact) mass is 405 g/mol. The molecule has 1 fully saturated rings. The summed E-state index contributed by atoms with van der Waals surface area (Å²) in [4.78, 5) is 14.2. The highest BCUT2D eigenvalue weighted by molar-refractivity contribution is 7.22. The van der Waals surface area contributed by atoms with Crippen LogP contribution in [0.3, 0.4) is 0 Å². The zero-order chi connectivity index (χ0) is 19.6. The number of hydrogen-bond acceptors (Lipinski definition) is 7. The van der Waals surface area contributed by atoms with Crippen molar-refractivity contribution in [3.8, 4) is 0 Å². The van der Waals surface area contributed by atoms with Crippen molar-refractivity contribution in [3.05, 3.63) is 71.9 Å². The van der Waals surface area contributed by atoms with E-state index in [1.165, 1.54) is 10.3 Å². The van der Waals surface area contributed by atoms with Gasteiger partial charge in [-0.25, -0.2) is 4.98 Å². The maximum atomic E-state index is 5.58. The smallest absolute Gasteiger partial charge is 0.243 e. The highest BCUT2D eigenvalue weighted by Crippen LogP contribution is 2.30. The quantitative estimate of drug-likeness (QED) is 0.497. The molecular formula is C22H23N5OS. The SMILES string of the molecule is C[C@@H](c1nc(Cc2ccccc2)no1)N1CCN(c2nc3ccccc3s2)CC1. The fourth-order valence-corrected chi connectivity index (χ4v) is 4.76. The van der Waals surface area contributed by atoms with E-state index in [0.29, 0.717) is 12.3 Å². The molecule has 0 radical (unpaired) electrons. The van der Waals surface area contributed by atoms with E-state index in [0.717, 1.165) is 42.7 Å². The standard InChI is InChI=1S/C22H23N5OS/c1-16(21-24-20(25-28-21)15-17-7-3-2-4-8-17)26-11-13-27(14-12-26)22-23-18-9-5-6-10-19(18)29-22/h2-10,16H,11-15H2,1H3/t16-/m0/s1. The summed E-state index contributed by atoms with van der Waals surface area (Å²) in [5.41, 5.74) is 2.28. The molecule has 0 bridgehead atoms. The molecule has 0 aliphatic carbocycles. The van der Waals surface area contributed by atoms with E-state index in [1.807, 2.05) is 24.3 Å². The Bertz CT molecular complexity index is 1050. The van der Waals surface area contributed by atoms with Crippen LogP contribution in [0.25, 0.3) is 10.2 Å². The molecule has 0 N–H and O–H groups in total. The number of para-hydroxylation sites is 1. The maximum Gasteiger partial charge on any atom is 0.243 e. The Labute approximate surface area is 173 Å². The van der Waals surface area contributed by atoms with Gasteiger partial charge < -0.3 is 9.42 Å². The van der Waals surface area contributed by atoms with Crippen molar-refractivity contribution >= 4 is 26.7 Å². The van der Waals surface area contributed by atoms with Gasteiger partial charge in [0.05, 0.1) is 16.3 Å². The lowest BCUT2D eigenvalue weighted by Gasteiger charge is -2.36. The molecule has 0 saturated carbocycles. The fraction of sp³-hybridized carbons (Fsp3) is 0.318. The summed E-state index contributed by atoms with van der Waals surface area (Å²) >= 11 is 1.77. The number of rotatable bonds is 5. The average Bonchev–Trinajstić information content (AvgIpc) is 3.41. The minimum Gasteiger partial charge on any atom is -0.345 e. The first-order valence-corrected chi connectivity index (χ1v) is 10.8. The molecule has 0 unspecified atom stereocenters. The second-order valence-corrected chi connectivity index (χ2v) is 8.38. The second kappa shape index (κ2) is 7.93. The Hall–Kier alpha value is -2.77. The molecule has 0 spiro atoms. The Morgan fingerprint density at radius 1 is 0.966 bits per heavy atom. The Morgan fingerprint density at radius 2 is 1.72 bits per heavy atom. The van der Waals surface area contributed by atoms with Crippen molar-refractivity contribution in [1.82, 2.24) is 20.0 Å². The first-order valence-electron chi connectivity index (χ1n) is 9.97. The van der Waals surface area contributed by atoms with Gasteiger partial charge in [-0.05, 0) is 24.6 Å². The van der Waals surface area contributed by atoms with Gasteiger partial charge in [-0.2, -0.15) is 4.98 Å². The van der Waals surface area contributed by atoms with Gasteiger partial charge in [-0.15, -0.1) is 0 Å². The number of anilines is 1. The van der Waals surface area contributed by atoms with Gasteiger partial charge in [0.2, 0.25) is 5.89 Å². The largest absolute Gasteiger partial charge is 0.345 e. The Morgan fingerprint density at radius 3 is 2.52 bits per heavy atom. The predicted molar refractivity (Wildman–Crippen MR) is 115 cm³/mol. The van der Waals surface area contributed by atoms with E-state index in [-0.39, 0.29) is 6.04 Å². The molecule has 6 nitrogen and oxygen atoms in total. The fourth-order valence-electron chi connectivity index (χ4n) is 3.74. The molecule has 1 atom stereocenters. The minimum absolute atomic E-state index is 0.115. The van der Waals surface area contributed by atoms with Crippen LogP contribution in [0.5, 0.6) is 0 Å².